The Morgan fingerprint density at radius 3 is 2.80 bits per heavy atom. The van der Waals surface area contributed by atoms with Crippen molar-refractivity contribution in [2.24, 2.45) is 5.73 Å². The highest BCUT2D eigenvalue weighted by Crippen LogP contribution is 2.29. The second kappa shape index (κ2) is 2.09. The third kappa shape index (κ3) is 0.827. The topological polar surface area (TPSA) is 43.8 Å². The third-order valence-electron chi connectivity index (χ3n) is 2.10. The number of hydrogen-bond donors (Lipinski definition) is 1. The molecule has 0 spiro atoms. The van der Waals surface area contributed by atoms with E-state index < -0.39 is 0 Å². The largest absolute Gasteiger partial charge is 0.334 e. The first-order valence-corrected chi connectivity index (χ1v) is 3.59. The Bertz CT molecular complexity index is 199. The van der Waals surface area contributed by atoms with E-state index in [1.807, 2.05) is 18.7 Å². The minimum Gasteiger partial charge on any atom is -0.334 e. The molecule has 3 nitrogen and oxygen atoms in total. The average molecular weight is 137 g/mol. The molecule has 1 aliphatic rings. The maximum absolute atomic E-state index is 5.64. The van der Waals surface area contributed by atoms with Crippen LogP contribution in [0.2, 0.25) is 0 Å². The molecule has 2 rings (SSSR count). The monoisotopic (exact) mass is 137 g/mol. The van der Waals surface area contributed by atoms with Gasteiger partial charge in [-0.2, -0.15) is 0 Å². The number of imidazole rings is 1. The third-order valence-corrected chi connectivity index (χ3v) is 2.10. The molecule has 0 saturated heterocycles. The minimum absolute atomic E-state index is 0.424. The summed E-state index contributed by atoms with van der Waals surface area (Å²) in [5.74, 6) is 0. The Hall–Kier alpha value is -0.830. The van der Waals surface area contributed by atoms with Crippen LogP contribution in [0.4, 0.5) is 0 Å². The van der Waals surface area contributed by atoms with Crippen LogP contribution >= 0.6 is 0 Å². The van der Waals surface area contributed by atoms with Crippen LogP contribution in [0.15, 0.2) is 18.7 Å². The Balaban J connectivity index is 2.04. The molecule has 1 fully saturated rings. The van der Waals surface area contributed by atoms with Gasteiger partial charge < -0.3 is 10.3 Å². The predicted octanol–water partition coefficient (Wildman–Crippen LogP) is 0.545. The first-order valence-electron chi connectivity index (χ1n) is 3.59. The molecule has 10 heavy (non-hydrogen) atoms. The Morgan fingerprint density at radius 1 is 1.50 bits per heavy atom. The maximum Gasteiger partial charge on any atom is 0.0948 e. The van der Waals surface area contributed by atoms with Crippen molar-refractivity contribution in [2.45, 2.75) is 24.9 Å². The molecule has 3 heteroatoms. The molecule has 0 amide bonds. The standard InChI is InChI=1S/C7H11N3/c8-6-3-7(4-6)10-2-1-9-5-10/h1-2,5-7H,3-4,8H2/t6-,7-. The van der Waals surface area contributed by atoms with E-state index in [1.165, 1.54) is 0 Å². The van der Waals surface area contributed by atoms with Crippen LogP contribution in [-0.2, 0) is 0 Å². The van der Waals surface area contributed by atoms with Gasteiger partial charge in [-0.05, 0) is 12.8 Å². The van der Waals surface area contributed by atoms with Gasteiger partial charge in [-0.15, -0.1) is 0 Å². The van der Waals surface area contributed by atoms with E-state index in [1.54, 1.807) is 0 Å². The Labute approximate surface area is 59.9 Å². The Morgan fingerprint density at radius 2 is 2.30 bits per heavy atom. The zero-order chi connectivity index (χ0) is 6.97. The fourth-order valence-electron chi connectivity index (χ4n) is 1.36. The van der Waals surface area contributed by atoms with Gasteiger partial charge in [-0.1, -0.05) is 0 Å². The van der Waals surface area contributed by atoms with Crippen LogP contribution < -0.4 is 5.73 Å². The van der Waals surface area contributed by atoms with E-state index in [0.717, 1.165) is 12.8 Å². The SMILES string of the molecule is N[C@H]1C[C@H](n2ccnc2)C1. The zero-order valence-corrected chi connectivity index (χ0v) is 5.77. The van der Waals surface area contributed by atoms with Gasteiger partial charge in [0, 0.05) is 24.5 Å². The summed E-state index contributed by atoms with van der Waals surface area (Å²) in [5.41, 5.74) is 5.64. The van der Waals surface area contributed by atoms with Crippen molar-refractivity contribution in [2.75, 3.05) is 0 Å². The molecular weight excluding hydrogens is 126 g/mol. The highest BCUT2D eigenvalue weighted by Gasteiger charge is 2.26. The van der Waals surface area contributed by atoms with E-state index in [0.29, 0.717) is 12.1 Å². The lowest BCUT2D eigenvalue weighted by molar-refractivity contribution is 0.266. The van der Waals surface area contributed by atoms with E-state index >= 15 is 0 Å². The minimum atomic E-state index is 0.424. The number of nitrogens with two attached hydrogens (primary N) is 1. The van der Waals surface area contributed by atoms with Crippen molar-refractivity contribution >= 4 is 0 Å². The molecule has 0 radical (unpaired) electrons. The number of aromatic nitrogens is 2. The summed E-state index contributed by atoms with van der Waals surface area (Å²) in [6.45, 7) is 0. The molecule has 1 aliphatic carbocycles. The van der Waals surface area contributed by atoms with Crippen molar-refractivity contribution in [1.82, 2.24) is 9.55 Å². The van der Waals surface area contributed by atoms with Gasteiger partial charge in [0.05, 0.1) is 6.33 Å². The van der Waals surface area contributed by atoms with E-state index in [-0.39, 0.29) is 0 Å². The van der Waals surface area contributed by atoms with Gasteiger partial charge in [-0.3, -0.25) is 0 Å². The van der Waals surface area contributed by atoms with Gasteiger partial charge in [0.25, 0.3) is 0 Å². The van der Waals surface area contributed by atoms with Crippen molar-refractivity contribution in [3.63, 3.8) is 0 Å². The summed E-state index contributed by atoms with van der Waals surface area (Å²) < 4.78 is 2.13. The molecular formula is C7H11N3. The van der Waals surface area contributed by atoms with Gasteiger partial charge >= 0.3 is 0 Å². The molecule has 2 N–H and O–H groups in total. The molecule has 0 unspecified atom stereocenters. The highest BCUT2D eigenvalue weighted by molar-refractivity contribution is 4.90. The zero-order valence-electron chi connectivity index (χ0n) is 5.77. The lowest BCUT2D eigenvalue weighted by atomic mass is 9.87. The molecule has 1 heterocycles. The van der Waals surface area contributed by atoms with Gasteiger partial charge in [-0.25, -0.2) is 4.98 Å². The summed E-state index contributed by atoms with van der Waals surface area (Å²) in [4.78, 5) is 3.97. The lowest BCUT2D eigenvalue weighted by Gasteiger charge is -2.33. The van der Waals surface area contributed by atoms with Gasteiger partial charge in [0.1, 0.15) is 0 Å². The summed E-state index contributed by atoms with van der Waals surface area (Å²) in [5, 5.41) is 0. The normalized spacial score (nSPS) is 31.7. The second-order valence-corrected chi connectivity index (χ2v) is 2.90. The average Bonchev–Trinajstić information content (AvgIpc) is 2.31. The number of hydrogen-bond acceptors (Lipinski definition) is 2. The predicted molar refractivity (Wildman–Crippen MR) is 38.5 cm³/mol. The summed E-state index contributed by atoms with van der Waals surface area (Å²) in [6, 6.07) is 1.05. The molecule has 0 aliphatic heterocycles. The van der Waals surface area contributed by atoms with Crippen LogP contribution in [0.3, 0.4) is 0 Å². The summed E-state index contributed by atoms with van der Waals surface area (Å²) >= 11 is 0. The van der Waals surface area contributed by atoms with Crippen LogP contribution in [0.1, 0.15) is 18.9 Å². The molecule has 0 aromatic carbocycles. The first-order chi connectivity index (χ1) is 4.86. The van der Waals surface area contributed by atoms with Crippen LogP contribution in [0.5, 0.6) is 0 Å². The maximum atomic E-state index is 5.64. The van der Waals surface area contributed by atoms with Gasteiger partial charge in [0.2, 0.25) is 0 Å². The molecule has 0 atom stereocenters. The lowest BCUT2D eigenvalue weighted by Crippen LogP contribution is -2.37. The molecule has 1 saturated carbocycles. The second-order valence-electron chi connectivity index (χ2n) is 2.90. The summed E-state index contributed by atoms with van der Waals surface area (Å²) in [6.07, 6.45) is 7.88. The van der Waals surface area contributed by atoms with Crippen LogP contribution in [0, 0.1) is 0 Å². The van der Waals surface area contributed by atoms with E-state index in [9.17, 15) is 0 Å². The fraction of sp³-hybridized carbons (Fsp3) is 0.571. The van der Waals surface area contributed by atoms with Crippen molar-refractivity contribution in [1.29, 1.82) is 0 Å². The highest BCUT2D eigenvalue weighted by atomic mass is 15.1. The van der Waals surface area contributed by atoms with Crippen LogP contribution in [0.25, 0.3) is 0 Å². The van der Waals surface area contributed by atoms with Crippen molar-refractivity contribution < 1.29 is 0 Å². The molecule has 1 aromatic heterocycles. The molecule has 1 aromatic rings. The molecule has 0 bridgehead atoms. The fourth-order valence-corrected chi connectivity index (χ4v) is 1.36. The van der Waals surface area contributed by atoms with Crippen molar-refractivity contribution in [3.8, 4) is 0 Å². The number of nitrogens with zero attached hydrogens (tertiary/aromatic N) is 2. The number of rotatable bonds is 1. The summed E-state index contributed by atoms with van der Waals surface area (Å²) in [7, 11) is 0. The Kier molecular flexibility index (Phi) is 1.24. The smallest absolute Gasteiger partial charge is 0.0948 e. The molecule has 54 valence electrons. The van der Waals surface area contributed by atoms with Gasteiger partial charge in [0.15, 0.2) is 0 Å². The van der Waals surface area contributed by atoms with E-state index in [4.69, 9.17) is 5.73 Å². The quantitative estimate of drug-likeness (QED) is 0.614. The van der Waals surface area contributed by atoms with E-state index in [2.05, 4.69) is 9.55 Å². The van der Waals surface area contributed by atoms with Crippen LogP contribution in [-0.4, -0.2) is 15.6 Å². The van der Waals surface area contributed by atoms with Crippen molar-refractivity contribution in [3.05, 3.63) is 18.7 Å². The first kappa shape index (κ1) is 5.92.